The van der Waals surface area contributed by atoms with E-state index in [9.17, 15) is 9.18 Å². The number of nitrogens with one attached hydrogen (secondary N) is 1. The molecule has 0 atom stereocenters. The standard InChI is InChI=1S/C18H18FN5O2S/c1-26-15-5-3-2-4-13(15)10-21-16(25)11-27-18-23-22-17(24(18)20)12-6-8-14(19)9-7-12/h2-9H,10-11,20H2,1H3,(H,21,25). The van der Waals surface area contributed by atoms with Crippen molar-refractivity contribution >= 4 is 17.7 Å². The third-order valence-corrected chi connectivity index (χ3v) is 4.71. The van der Waals surface area contributed by atoms with Crippen molar-refractivity contribution in [2.45, 2.75) is 11.7 Å². The lowest BCUT2D eigenvalue weighted by Gasteiger charge is -2.09. The van der Waals surface area contributed by atoms with Gasteiger partial charge in [0.15, 0.2) is 5.82 Å². The van der Waals surface area contributed by atoms with E-state index in [1.165, 1.54) is 28.6 Å². The molecule has 0 saturated carbocycles. The molecular weight excluding hydrogens is 369 g/mol. The summed E-state index contributed by atoms with van der Waals surface area (Å²) < 4.78 is 19.6. The number of hydrogen-bond donors (Lipinski definition) is 2. The summed E-state index contributed by atoms with van der Waals surface area (Å²) in [5.74, 6) is 6.72. The van der Waals surface area contributed by atoms with E-state index in [1.54, 1.807) is 19.2 Å². The third-order valence-electron chi connectivity index (χ3n) is 3.77. The molecule has 0 aliphatic heterocycles. The summed E-state index contributed by atoms with van der Waals surface area (Å²) in [6.45, 7) is 0.361. The first kappa shape index (κ1) is 18.7. The van der Waals surface area contributed by atoms with Crippen LogP contribution >= 0.6 is 11.8 Å². The molecule has 0 radical (unpaired) electrons. The minimum absolute atomic E-state index is 0.133. The monoisotopic (exact) mass is 387 g/mol. The average molecular weight is 387 g/mol. The summed E-state index contributed by atoms with van der Waals surface area (Å²) in [5, 5.41) is 11.2. The first-order valence-corrected chi connectivity index (χ1v) is 9.05. The van der Waals surface area contributed by atoms with Crippen LogP contribution < -0.4 is 15.9 Å². The van der Waals surface area contributed by atoms with Crippen LogP contribution in [0.4, 0.5) is 4.39 Å². The largest absolute Gasteiger partial charge is 0.496 e. The summed E-state index contributed by atoms with van der Waals surface area (Å²) >= 11 is 1.17. The number of methoxy groups -OCH3 is 1. The second-order valence-corrected chi connectivity index (χ2v) is 6.50. The Kier molecular flexibility index (Phi) is 5.92. The lowest BCUT2D eigenvalue weighted by Crippen LogP contribution is -2.25. The Morgan fingerprint density at radius 2 is 1.96 bits per heavy atom. The van der Waals surface area contributed by atoms with E-state index < -0.39 is 0 Å². The zero-order valence-corrected chi connectivity index (χ0v) is 15.4. The predicted molar refractivity (Wildman–Crippen MR) is 101 cm³/mol. The molecule has 3 aromatic rings. The Hall–Kier alpha value is -3.07. The fourth-order valence-electron chi connectivity index (χ4n) is 2.40. The van der Waals surface area contributed by atoms with Gasteiger partial charge in [-0.05, 0) is 30.3 Å². The average Bonchev–Trinajstić information content (AvgIpc) is 3.06. The smallest absolute Gasteiger partial charge is 0.230 e. The van der Waals surface area contributed by atoms with Gasteiger partial charge in [-0.2, -0.15) is 0 Å². The van der Waals surface area contributed by atoms with Crippen molar-refractivity contribution in [1.29, 1.82) is 0 Å². The molecule has 1 aromatic heterocycles. The molecule has 2 aromatic carbocycles. The van der Waals surface area contributed by atoms with Gasteiger partial charge in [0, 0.05) is 17.7 Å². The number of nitrogens with two attached hydrogens (primary N) is 1. The van der Waals surface area contributed by atoms with Gasteiger partial charge in [0.25, 0.3) is 0 Å². The molecule has 3 N–H and O–H groups in total. The number of carbonyl (C=O) groups is 1. The highest BCUT2D eigenvalue weighted by atomic mass is 32.2. The van der Waals surface area contributed by atoms with Gasteiger partial charge in [-0.1, -0.05) is 30.0 Å². The molecule has 27 heavy (non-hydrogen) atoms. The number of benzene rings is 2. The minimum Gasteiger partial charge on any atom is -0.496 e. The first-order chi connectivity index (χ1) is 13.1. The van der Waals surface area contributed by atoms with E-state index in [-0.39, 0.29) is 17.5 Å². The molecule has 0 aliphatic carbocycles. The zero-order valence-electron chi connectivity index (χ0n) is 14.6. The first-order valence-electron chi connectivity index (χ1n) is 8.06. The molecule has 0 spiro atoms. The Balaban J connectivity index is 1.57. The van der Waals surface area contributed by atoms with Gasteiger partial charge in [-0.25, -0.2) is 9.07 Å². The highest BCUT2D eigenvalue weighted by Gasteiger charge is 2.14. The number of para-hydroxylation sites is 1. The number of aromatic nitrogens is 3. The van der Waals surface area contributed by atoms with Crippen molar-refractivity contribution < 1.29 is 13.9 Å². The normalized spacial score (nSPS) is 10.6. The van der Waals surface area contributed by atoms with Crippen molar-refractivity contribution in [2.75, 3.05) is 18.7 Å². The van der Waals surface area contributed by atoms with E-state index >= 15 is 0 Å². The van der Waals surface area contributed by atoms with Crippen molar-refractivity contribution in [3.63, 3.8) is 0 Å². The number of nitrogens with zero attached hydrogens (tertiary/aromatic N) is 3. The van der Waals surface area contributed by atoms with Gasteiger partial charge in [0.05, 0.1) is 12.9 Å². The number of carbonyl (C=O) groups excluding carboxylic acids is 1. The van der Waals surface area contributed by atoms with Crippen LogP contribution in [0.5, 0.6) is 5.75 Å². The van der Waals surface area contributed by atoms with E-state index in [1.807, 2.05) is 24.3 Å². The van der Waals surface area contributed by atoms with Crippen molar-refractivity contribution in [3.05, 3.63) is 59.9 Å². The van der Waals surface area contributed by atoms with Crippen molar-refractivity contribution in [2.24, 2.45) is 0 Å². The van der Waals surface area contributed by atoms with Crippen molar-refractivity contribution in [3.8, 4) is 17.1 Å². The fraction of sp³-hybridized carbons (Fsp3) is 0.167. The summed E-state index contributed by atoms with van der Waals surface area (Å²) in [7, 11) is 1.59. The molecule has 1 amide bonds. The van der Waals surface area contributed by atoms with E-state index in [2.05, 4.69) is 15.5 Å². The second kappa shape index (κ2) is 8.54. The van der Waals surface area contributed by atoms with Gasteiger partial charge in [-0.15, -0.1) is 10.2 Å². The second-order valence-electron chi connectivity index (χ2n) is 5.56. The Labute approximate surface area is 159 Å². The lowest BCUT2D eigenvalue weighted by atomic mass is 10.2. The van der Waals surface area contributed by atoms with Crippen LogP contribution in [0.1, 0.15) is 5.56 Å². The van der Waals surface area contributed by atoms with E-state index in [4.69, 9.17) is 10.6 Å². The maximum Gasteiger partial charge on any atom is 0.230 e. The molecule has 0 saturated heterocycles. The number of thioether (sulfide) groups is 1. The summed E-state index contributed by atoms with van der Waals surface area (Å²) in [4.78, 5) is 12.1. The molecule has 9 heteroatoms. The summed E-state index contributed by atoms with van der Waals surface area (Å²) in [6, 6.07) is 13.2. The third kappa shape index (κ3) is 4.56. The van der Waals surface area contributed by atoms with Crippen LogP contribution in [-0.2, 0) is 11.3 Å². The number of nitrogen functional groups attached to an aromatic ring is 1. The zero-order chi connectivity index (χ0) is 19.2. The molecule has 0 bridgehead atoms. The maximum absolute atomic E-state index is 13.0. The molecule has 7 nitrogen and oxygen atoms in total. The Bertz CT molecular complexity index is 930. The predicted octanol–water partition coefficient (Wildman–Crippen LogP) is 2.22. The van der Waals surface area contributed by atoms with Gasteiger partial charge < -0.3 is 15.9 Å². The highest BCUT2D eigenvalue weighted by molar-refractivity contribution is 7.99. The van der Waals surface area contributed by atoms with Gasteiger partial charge in [-0.3, -0.25) is 4.79 Å². The lowest BCUT2D eigenvalue weighted by molar-refractivity contribution is -0.118. The molecule has 0 unspecified atom stereocenters. The molecule has 140 valence electrons. The number of ether oxygens (including phenoxy) is 1. The maximum atomic E-state index is 13.0. The van der Waals surface area contributed by atoms with Gasteiger partial charge in [0.1, 0.15) is 11.6 Å². The minimum atomic E-state index is -0.344. The Morgan fingerprint density at radius 1 is 1.22 bits per heavy atom. The number of amides is 1. The number of halogens is 1. The van der Waals surface area contributed by atoms with Crippen LogP contribution in [0.3, 0.4) is 0 Å². The van der Waals surface area contributed by atoms with E-state index in [0.29, 0.717) is 23.1 Å². The SMILES string of the molecule is COc1ccccc1CNC(=O)CSc1nnc(-c2ccc(F)cc2)n1N. The Morgan fingerprint density at radius 3 is 2.70 bits per heavy atom. The quantitative estimate of drug-likeness (QED) is 0.477. The van der Waals surface area contributed by atoms with Crippen LogP contribution in [-0.4, -0.2) is 33.6 Å². The van der Waals surface area contributed by atoms with Gasteiger partial charge >= 0.3 is 0 Å². The number of hydrogen-bond acceptors (Lipinski definition) is 6. The van der Waals surface area contributed by atoms with E-state index in [0.717, 1.165) is 11.3 Å². The van der Waals surface area contributed by atoms with Crippen LogP contribution in [0, 0.1) is 5.82 Å². The van der Waals surface area contributed by atoms with Crippen LogP contribution in [0.2, 0.25) is 0 Å². The van der Waals surface area contributed by atoms with Crippen LogP contribution in [0.15, 0.2) is 53.7 Å². The molecule has 1 heterocycles. The highest BCUT2D eigenvalue weighted by Crippen LogP contribution is 2.22. The van der Waals surface area contributed by atoms with Crippen molar-refractivity contribution in [1.82, 2.24) is 20.2 Å². The fourth-order valence-corrected chi connectivity index (χ4v) is 3.08. The summed E-state index contributed by atoms with van der Waals surface area (Å²) in [5.41, 5.74) is 1.53. The molecule has 0 aliphatic rings. The molecule has 0 fully saturated rings. The molecule has 3 rings (SSSR count). The topological polar surface area (TPSA) is 95.1 Å². The summed E-state index contributed by atoms with van der Waals surface area (Å²) in [6.07, 6.45) is 0. The van der Waals surface area contributed by atoms with Gasteiger partial charge in [0.2, 0.25) is 11.1 Å². The van der Waals surface area contributed by atoms with Crippen LogP contribution in [0.25, 0.3) is 11.4 Å². The number of rotatable bonds is 7. The molecular formula is C18H18FN5O2S.